The maximum atomic E-state index is 6.99. The number of nitrogens with zero attached hydrogens (tertiary/aromatic N) is 3. The van der Waals surface area contributed by atoms with Gasteiger partial charge in [-0.3, -0.25) is 0 Å². The fourth-order valence-electron chi connectivity index (χ4n) is 7.75. The van der Waals surface area contributed by atoms with E-state index in [4.69, 9.17) is 18.8 Å². The lowest BCUT2D eigenvalue weighted by atomic mass is 10.0. The molecular weight excluding hydrogens is 627 g/mol. The summed E-state index contributed by atoms with van der Waals surface area (Å²) in [6.07, 6.45) is 0. The normalized spacial score (nSPS) is 11.9. The number of rotatable bonds is 4. The molecule has 0 amide bonds. The lowest BCUT2D eigenvalue weighted by Gasteiger charge is -2.10. The second-order valence-electron chi connectivity index (χ2n) is 12.9. The Hall–Kier alpha value is -6.98. The predicted octanol–water partition coefficient (Wildman–Crippen LogP) is 12.4. The zero-order valence-electron chi connectivity index (χ0n) is 27.2. The van der Waals surface area contributed by atoms with Crippen LogP contribution in [0.5, 0.6) is 0 Å². The summed E-state index contributed by atoms with van der Waals surface area (Å²) in [5.41, 5.74) is 10.8. The first-order valence-electron chi connectivity index (χ1n) is 17.1. The largest absolute Gasteiger partial charge is 0.455 e. The summed E-state index contributed by atoms with van der Waals surface area (Å²) >= 11 is 0. The molecule has 51 heavy (non-hydrogen) atoms. The van der Waals surface area contributed by atoms with E-state index >= 15 is 0 Å². The van der Waals surface area contributed by atoms with Crippen molar-refractivity contribution in [3.05, 3.63) is 164 Å². The summed E-state index contributed by atoms with van der Waals surface area (Å²) in [7, 11) is 0. The quantitative estimate of drug-likeness (QED) is 0.190. The van der Waals surface area contributed by atoms with E-state index < -0.39 is 0 Å². The summed E-state index contributed by atoms with van der Waals surface area (Å²) in [6, 6.07) is 56.5. The van der Waals surface area contributed by atoms with Gasteiger partial charge in [-0.15, -0.1) is 0 Å². The summed E-state index contributed by atoms with van der Waals surface area (Å²) in [6.45, 7) is 0. The first-order chi connectivity index (χ1) is 25.3. The smallest absolute Gasteiger partial charge is 0.164 e. The van der Waals surface area contributed by atoms with Gasteiger partial charge < -0.3 is 13.4 Å². The van der Waals surface area contributed by atoms with Crippen molar-refractivity contribution in [2.75, 3.05) is 0 Å². The molecule has 0 fully saturated rings. The summed E-state index contributed by atoms with van der Waals surface area (Å²) in [5, 5.41) is 6.61. The highest BCUT2D eigenvalue weighted by Crippen LogP contribution is 2.42. The number of benzene rings is 7. The van der Waals surface area contributed by atoms with Crippen molar-refractivity contribution >= 4 is 65.7 Å². The highest BCUT2D eigenvalue weighted by Gasteiger charge is 2.21. The number of para-hydroxylation sites is 6. The van der Waals surface area contributed by atoms with Crippen LogP contribution in [0.2, 0.25) is 0 Å². The molecule has 0 aliphatic heterocycles. The molecule has 0 unspecified atom stereocenters. The van der Waals surface area contributed by atoms with Gasteiger partial charge in [-0.1, -0.05) is 121 Å². The van der Waals surface area contributed by atoms with Gasteiger partial charge in [0, 0.05) is 43.4 Å². The van der Waals surface area contributed by atoms with Crippen molar-refractivity contribution in [3.63, 3.8) is 0 Å². The van der Waals surface area contributed by atoms with Gasteiger partial charge in [0.25, 0.3) is 0 Å². The molecular formula is C46H27N3O2. The Morgan fingerprint density at radius 2 is 0.941 bits per heavy atom. The summed E-state index contributed by atoms with van der Waals surface area (Å²) < 4.78 is 15.8. The molecule has 4 heterocycles. The number of aromatic nitrogens is 3. The monoisotopic (exact) mass is 653 g/mol. The summed E-state index contributed by atoms with van der Waals surface area (Å²) in [5.74, 6) is 0.593. The fraction of sp³-hybridized carbons (Fsp3) is 0. The maximum Gasteiger partial charge on any atom is 0.164 e. The van der Waals surface area contributed by atoms with Crippen LogP contribution < -0.4 is 0 Å². The van der Waals surface area contributed by atoms with Crippen LogP contribution in [0.4, 0.5) is 0 Å². The van der Waals surface area contributed by atoms with Crippen molar-refractivity contribution in [2.24, 2.45) is 0 Å². The standard InChI is InChI=1S/C46H27N3O2/c1-2-13-28(14-3-1)37-27-38(48-46(47-37)36-22-11-18-32-31-17-6-9-26-42(31)50-44(32)36)35-21-10-19-33-34-20-12-25-41(45(34)51-43(33)35)49-39-23-7-4-15-29(39)30-16-5-8-24-40(30)49/h1-27H. The molecule has 11 aromatic rings. The van der Waals surface area contributed by atoms with E-state index in [1.54, 1.807) is 0 Å². The fourth-order valence-corrected chi connectivity index (χ4v) is 7.75. The zero-order valence-corrected chi connectivity index (χ0v) is 27.2. The van der Waals surface area contributed by atoms with Crippen LogP contribution in [-0.4, -0.2) is 14.5 Å². The average molecular weight is 654 g/mol. The van der Waals surface area contributed by atoms with Gasteiger partial charge in [-0.25, -0.2) is 9.97 Å². The molecule has 5 heteroatoms. The van der Waals surface area contributed by atoms with E-state index in [1.807, 2.05) is 48.5 Å². The topological polar surface area (TPSA) is 57.0 Å². The van der Waals surface area contributed by atoms with E-state index in [0.717, 1.165) is 88.7 Å². The lowest BCUT2D eigenvalue weighted by Crippen LogP contribution is -1.96. The van der Waals surface area contributed by atoms with Crippen LogP contribution in [0.15, 0.2) is 173 Å². The SMILES string of the molecule is c1ccc(-c2cc(-c3cccc4c3oc3c(-n5c6ccccc6c6ccccc65)cccc34)nc(-c3cccc4c3oc3ccccc34)n2)cc1. The van der Waals surface area contributed by atoms with Gasteiger partial charge in [0.2, 0.25) is 0 Å². The second-order valence-corrected chi connectivity index (χ2v) is 12.9. The van der Waals surface area contributed by atoms with Gasteiger partial charge in [-0.05, 0) is 42.5 Å². The van der Waals surface area contributed by atoms with Crippen LogP contribution >= 0.6 is 0 Å². The van der Waals surface area contributed by atoms with E-state index in [0.29, 0.717) is 5.82 Å². The minimum absolute atomic E-state index is 0.593. The first kappa shape index (κ1) is 27.9. The third-order valence-electron chi connectivity index (χ3n) is 10.0. The van der Waals surface area contributed by atoms with Crippen LogP contribution in [-0.2, 0) is 0 Å². The predicted molar refractivity (Wildman–Crippen MR) is 207 cm³/mol. The molecule has 5 nitrogen and oxygen atoms in total. The highest BCUT2D eigenvalue weighted by atomic mass is 16.3. The van der Waals surface area contributed by atoms with Gasteiger partial charge in [0.05, 0.1) is 33.7 Å². The van der Waals surface area contributed by atoms with Crippen molar-refractivity contribution in [1.82, 2.24) is 14.5 Å². The van der Waals surface area contributed by atoms with E-state index in [2.05, 4.69) is 120 Å². The third kappa shape index (κ3) is 4.15. The Labute approximate surface area is 291 Å². The van der Waals surface area contributed by atoms with Gasteiger partial charge in [-0.2, -0.15) is 0 Å². The number of furan rings is 2. The van der Waals surface area contributed by atoms with Crippen molar-refractivity contribution in [3.8, 4) is 39.6 Å². The van der Waals surface area contributed by atoms with Gasteiger partial charge in [0.1, 0.15) is 16.7 Å². The Balaban J connectivity index is 1.17. The van der Waals surface area contributed by atoms with E-state index in [1.165, 1.54) is 10.8 Å². The van der Waals surface area contributed by atoms with E-state index in [9.17, 15) is 0 Å². The molecule has 0 bridgehead atoms. The number of hydrogen-bond acceptors (Lipinski definition) is 4. The molecule has 0 aliphatic rings. The molecule has 0 aliphatic carbocycles. The molecule has 0 atom stereocenters. The molecule has 4 aromatic heterocycles. The molecule has 11 rings (SSSR count). The second kappa shape index (κ2) is 10.8. The third-order valence-corrected chi connectivity index (χ3v) is 10.0. The minimum atomic E-state index is 0.593. The minimum Gasteiger partial charge on any atom is -0.455 e. The van der Waals surface area contributed by atoms with Gasteiger partial charge >= 0.3 is 0 Å². The Morgan fingerprint density at radius 1 is 0.392 bits per heavy atom. The lowest BCUT2D eigenvalue weighted by molar-refractivity contribution is 0.667. The molecule has 0 spiro atoms. The molecule has 7 aromatic carbocycles. The van der Waals surface area contributed by atoms with Crippen molar-refractivity contribution < 1.29 is 8.83 Å². The number of hydrogen-bond donors (Lipinski definition) is 0. The number of fused-ring (bicyclic) bond motifs is 9. The Bertz CT molecular complexity index is 3100. The molecule has 0 N–H and O–H groups in total. The van der Waals surface area contributed by atoms with Crippen LogP contribution in [0.3, 0.4) is 0 Å². The molecule has 238 valence electrons. The average Bonchev–Trinajstić information content (AvgIpc) is 3.88. The van der Waals surface area contributed by atoms with Crippen LogP contribution in [0.25, 0.3) is 105 Å². The van der Waals surface area contributed by atoms with Crippen LogP contribution in [0.1, 0.15) is 0 Å². The van der Waals surface area contributed by atoms with Crippen molar-refractivity contribution in [1.29, 1.82) is 0 Å². The molecule has 0 radical (unpaired) electrons. The summed E-state index contributed by atoms with van der Waals surface area (Å²) in [4.78, 5) is 10.4. The molecule has 0 saturated heterocycles. The van der Waals surface area contributed by atoms with E-state index in [-0.39, 0.29) is 0 Å². The maximum absolute atomic E-state index is 6.99. The Kier molecular flexibility index (Phi) is 5.89. The van der Waals surface area contributed by atoms with Crippen LogP contribution in [0, 0.1) is 0 Å². The zero-order chi connectivity index (χ0) is 33.5. The Morgan fingerprint density at radius 3 is 1.71 bits per heavy atom. The highest BCUT2D eigenvalue weighted by molar-refractivity contribution is 6.14. The first-order valence-corrected chi connectivity index (χ1v) is 17.1. The van der Waals surface area contributed by atoms with Gasteiger partial charge in [0.15, 0.2) is 11.4 Å². The van der Waals surface area contributed by atoms with Crippen molar-refractivity contribution in [2.45, 2.75) is 0 Å². The molecule has 0 saturated carbocycles.